The molecular formula is C18H18FN3O2S. The molecule has 1 saturated heterocycles. The number of hydrogen-bond acceptors (Lipinski definition) is 4. The monoisotopic (exact) mass is 359 g/mol. The largest absolute Gasteiger partial charge is 0.381 e. The molecule has 0 unspecified atom stereocenters. The molecule has 1 aliphatic heterocycles. The summed E-state index contributed by atoms with van der Waals surface area (Å²) in [6.45, 7) is 4.03. The first-order chi connectivity index (χ1) is 12.1. The van der Waals surface area contributed by atoms with Crippen molar-refractivity contribution in [3.05, 3.63) is 46.7 Å². The van der Waals surface area contributed by atoms with E-state index >= 15 is 0 Å². The summed E-state index contributed by atoms with van der Waals surface area (Å²) in [5, 5.41) is 8.45. The fourth-order valence-corrected chi connectivity index (χ4v) is 4.08. The third-order valence-electron chi connectivity index (χ3n) is 4.41. The fourth-order valence-electron chi connectivity index (χ4n) is 2.98. The molecule has 2 aromatic heterocycles. The lowest BCUT2D eigenvalue weighted by Crippen LogP contribution is -2.28. The Hall–Kier alpha value is -2.25. The number of thiophene rings is 1. The fraction of sp³-hybridized carbons (Fsp3) is 0.333. The molecule has 1 atom stereocenters. The number of nitrogens with zero attached hydrogens (tertiary/aromatic N) is 2. The number of ether oxygens (including phenoxy) is 1. The van der Waals surface area contributed by atoms with Gasteiger partial charge < -0.3 is 10.1 Å². The molecule has 0 spiro atoms. The minimum atomic E-state index is -0.286. The summed E-state index contributed by atoms with van der Waals surface area (Å²) in [4.78, 5) is 14.0. The van der Waals surface area contributed by atoms with Gasteiger partial charge >= 0.3 is 0 Å². The van der Waals surface area contributed by atoms with Crippen LogP contribution >= 0.6 is 11.3 Å². The van der Waals surface area contributed by atoms with E-state index in [0.717, 1.165) is 34.6 Å². The molecular weight excluding hydrogens is 341 g/mol. The summed E-state index contributed by atoms with van der Waals surface area (Å²) < 4.78 is 20.2. The number of benzene rings is 1. The van der Waals surface area contributed by atoms with E-state index in [4.69, 9.17) is 4.74 Å². The predicted molar refractivity (Wildman–Crippen MR) is 94.9 cm³/mol. The molecule has 3 heterocycles. The third-order valence-corrected chi connectivity index (χ3v) is 5.52. The SMILES string of the molecule is Cc1nn(-c2ccc(F)cc2)c2sc(C(=O)NC[C@@H]3CCOC3)cc12. The molecule has 5 nitrogen and oxygen atoms in total. The number of fused-ring (bicyclic) bond motifs is 1. The summed E-state index contributed by atoms with van der Waals surface area (Å²) in [5.41, 5.74) is 1.62. The smallest absolute Gasteiger partial charge is 0.261 e. The summed E-state index contributed by atoms with van der Waals surface area (Å²) in [7, 11) is 0. The highest BCUT2D eigenvalue weighted by molar-refractivity contribution is 7.20. The first kappa shape index (κ1) is 16.2. The second kappa shape index (κ2) is 6.57. The van der Waals surface area contributed by atoms with Crippen LogP contribution in [0.3, 0.4) is 0 Å². The number of hydrogen-bond donors (Lipinski definition) is 1. The van der Waals surface area contributed by atoms with E-state index in [9.17, 15) is 9.18 Å². The maximum Gasteiger partial charge on any atom is 0.261 e. The molecule has 25 heavy (non-hydrogen) atoms. The molecule has 130 valence electrons. The van der Waals surface area contributed by atoms with Crippen molar-refractivity contribution in [1.82, 2.24) is 15.1 Å². The van der Waals surface area contributed by atoms with Crippen molar-refractivity contribution in [3.63, 3.8) is 0 Å². The van der Waals surface area contributed by atoms with Crippen LogP contribution in [-0.2, 0) is 4.74 Å². The molecule has 7 heteroatoms. The molecule has 1 aromatic carbocycles. The minimum Gasteiger partial charge on any atom is -0.381 e. The lowest BCUT2D eigenvalue weighted by Gasteiger charge is -2.08. The van der Waals surface area contributed by atoms with Crippen molar-refractivity contribution < 1.29 is 13.9 Å². The molecule has 1 N–H and O–H groups in total. The van der Waals surface area contributed by atoms with E-state index in [0.29, 0.717) is 23.9 Å². The zero-order valence-electron chi connectivity index (χ0n) is 13.8. The van der Waals surface area contributed by atoms with Crippen LogP contribution in [0.4, 0.5) is 4.39 Å². The van der Waals surface area contributed by atoms with E-state index in [1.807, 2.05) is 13.0 Å². The number of carbonyl (C=O) groups is 1. The van der Waals surface area contributed by atoms with Gasteiger partial charge in [0.15, 0.2) is 0 Å². The van der Waals surface area contributed by atoms with E-state index in [1.54, 1.807) is 16.8 Å². The number of nitrogens with one attached hydrogen (secondary N) is 1. The minimum absolute atomic E-state index is 0.0712. The van der Waals surface area contributed by atoms with Gasteiger partial charge in [0.2, 0.25) is 0 Å². The molecule has 0 saturated carbocycles. The molecule has 1 aliphatic rings. The lowest BCUT2D eigenvalue weighted by molar-refractivity contribution is 0.0949. The Bertz CT molecular complexity index is 910. The van der Waals surface area contributed by atoms with Gasteiger partial charge in [0.25, 0.3) is 5.91 Å². The molecule has 0 aliphatic carbocycles. The number of aryl methyl sites for hydroxylation is 1. The van der Waals surface area contributed by atoms with Crippen LogP contribution in [0.15, 0.2) is 30.3 Å². The van der Waals surface area contributed by atoms with Crippen LogP contribution in [0.2, 0.25) is 0 Å². The van der Waals surface area contributed by atoms with Gasteiger partial charge in [0.05, 0.1) is 22.9 Å². The summed E-state index contributed by atoms with van der Waals surface area (Å²) in [6.07, 6.45) is 0.991. The van der Waals surface area contributed by atoms with Crippen LogP contribution < -0.4 is 5.32 Å². The zero-order chi connectivity index (χ0) is 17.4. The Kier molecular flexibility index (Phi) is 4.27. The average Bonchev–Trinajstić information content (AvgIpc) is 3.32. The van der Waals surface area contributed by atoms with Crippen LogP contribution in [-0.4, -0.2) is 35.4 Å². The maximum absolute atomic E-state index is 13.2. The molecule has 0 radical (unpaired) electrons. The number of aromatic nitrogens is 2. The molecule has 0 bridgehead atoms. The second-order valence-electron chi connectivity index (χ2n) is 6.24. The Labute approximate surface area is 148 Å². The number of amides is 1. The second-order valence-corrected chi connectivity index (χ2v) is 7.27. The Morgan fingerprint density at radius 2 is 2.24 bits per heavy atom. The number of rotatable bonds is 4. The topological polar surface area (TPSA) is 56.2 Å². The Morgan fingerprint density at radius 1 is 1.44 bits per heavy atom. The highest BCUT2D eigenvalue weighted by atomic mass is 32.1. The lowest BCUT2D eigenvalue weighted by atomic mass is 10.1. The van der Waals surface area contributed by atoms with Crippen molar-refractivity contribution in [2.75, 3.05) is 19.8 Å². The summed E-state index contributed by atoms with van der Waals surface area (Å²) in [6, 6.07) is 8.05. The quantitative estimate of drug-likeness (QED) is 0.778. The van der Waals surface area contributed by atoms with Crippen molar-refractivity contribution in [3.8, 4) is 5.69 Å². The molecule has 3 aromatic rings. The predicted octanol–water partition coefficient (Wildman–Crippen LogP) is 3.30. The number of carbonyl (C=O) groups excluding carboxylic acids is 1. The van der Waals surface area contributed by atoms with Gasteiger partial charge in [-0.15, -0.1) is 11.3 Å². The van der Waals surface area contributed by atoms with Crippen molar-refractivity contribution in [2.24, 2.45) is 5.92 Å². The molecule has 1 amide bonds. The highest BCUT2D eigenvalue weighted by Gasteiger charge is 2.20. The van der Waals surface area contributed by atoms with E-state index < -0.39 is 0 Å². The van der Waals surface area contributed by atoms with Crippen LogP contribution in [0, 0.1) is 18.7 Å². The summed E-state index contributed by atoms with van der Waals surface area (Å²) >= 11 is 1.40. The van der Waals surface area contributed by atoms with E-state index in [1.165, 1.54) is 23.5 Å². The van der Waals surface area contributed by atoms with Gasteiger partial charge in [-0.1, -0.05) is 0 Å². The van der Waals surface area contributed by atoms with Crippen LogP contribution in [0.25, 0.3) is 15.9 Å². The molecule has 4 rings (SSSR count). The van der Waals surface area contributed by atoms with Gasteiger partial charge in [-0.05, 0) is 43.7 Å². The van der Waals surface area contributed by atoms with Gasteiger partial charge in [-0.2, -0.15) is 5.10 Å². The van der Waals surface area contributed by atoms with Crippen molar-refractivity contribution in [2.45, 2.75) is 13.3 Å². The Morgan fingerprint density at radius 3 is 2.96 bits per heavy atom. The normalized spacial score (nSPS) is 17.3. The van der Waals surface area contributed by atoms with Crippen molar-refractivity contribution >= 4 is 27.5 Å². The van der Waals surface area contributed by atoms with Gasteiger partial charge in [0.1, 0.15) is 10.6 Å². The van der Waals surface area contributed by atoms with Crippen molar-refractivity contribution in [1.29, 1.82) is 0 Å². The van der Waals surface area contributed by atoms with E-state index in [-0.39, 0.29) is 11.7 Å². The molecule has 1 fully saturated rings. The summed E-state index contributed by atoms with van der Waals surface area (Å²) in [5.74, 6) is 0.0407. The number of halogens is 1. The highest BCUT2D eigenvalue weighted by Crippen LogP contribution is 2.30. The Balaban J connectivity index is 1.60. The third kappa shape index (κ3) is 3.17. The van der Waals surface area contributed by atoms with Crippen LogP contribution in [0.1, 0.15) is 21.8 Å². The average molecular weight is 359 g/mol. The standard InChI is InChI=1S/C18H18FN3O2S/c1-11-15-8-16(17(23)20-9-12-6-7-24-10-12)25-18(15)22(21-11)14-4-2-13(19)3-5-14/h2-5,8,12H,6-7,9-10H2,1H3,(H,20,23)/t12-/m0/s1. The van der Waals surface area contributed by atoms with Crippen LogP contribution in [0.5, 0.6) is 0 Å². The zero-order valence-corrected chi connectivity index (χ0v) is 14.6. The first-order valence-corrected chi connectivity index (χ1v) is 9.04. The van der Waals surface area contributed by atoms with Gasteiger partial charge in [-0.25, -0.2) is 9.07 Å². The first-order valence-electron chi connectivity index (χ1n) is 8.23. The van der Waals surface area contributed by atoms with Gasteiger partial charge in [0, 0.05) is 24.5 Å². The van der Waals surface area contributed by atoms with Gasteiger partial charge in [-0.3, -0.25) is 4.79 Å². The van der Waals surface area contributed by atoms with E-state index in [2.05, 4.69) is 10.4 Å². The maximum atomic E-state index is 13.2.